The van der Waals surface area contributed by atoms with Gasteiger partial charge in [-0.15, -0.1) is 0 Å². The smallest absolute Gasteiger partial charge is 0.239 e. The number of carbonyl (C=O) groups is 1. The molecule has 28 heavy (non-hydrogen) atoms. The lowest BCUT2D eigenvalue weighted by Crippen LogP contribution is -2.52. The van der Waals surface area contributed by atoms with Gasteiger partial charge in [-0.3, -0.25) is 4.79 Å². The molecule has 0 saturated heterocycles. The summed E-state index contributed by atoms with van der Waals surface area (Å²) in [6.07, 6.45) is 2.34. The molecule has 0 unspecified atom stereocenters. The molecule has 0 amide bonds. The summed E-state index contributed by atoms with van der Waals surface area (Å²) in [7, 11) is -2.15. The number of aliphatic imine (C=N–C) groups is 1. The molecule has 1 aliphatic carbocycles. The van der Waals surface area contributed by atoms with Crippen molar-refractivity contribution in [2.24, 2.45) is 10.7 Å². The van der Waals surface area contributed by atoms with E-state index < -0.39 is 15.6 Å². The molecule has 1 spiro atoms. The van der Waals surface area contributed by atoms with Crippen molar-refractivity contribution < 1.29 is 17.7 Å². The third kappa shape index (κ3) is 3.07. The summed E-state index contributed by atoms with van der Waals surface area (Å²) in [5.74, 6) is -0.0438. The van der Waals surface area contributed by atoms with Crippen molar-refractivity contribution in [2.75, 3.05) is 12.8 Å². The summed E-state index contributed by atoms with van der Waals surface area (Å²) in [6, 6.07) is 5.69. The van der Waals surface area contributed by atoms with Gasteiger partial charge in [0.25, 0.3) is 0 Å². The number of sulfonamides is 1. The van der Waals surface area contributed by atoms with Gasteiger partial charge in [-0.05, 0) is 36.0 Å². The molecule has 1 aromatic heterocycles. The molecule has 0 radical (unpaired) electrons. The van der Waals surface area contributed by atoms with Gasteiger partial charge in [-0.1, -0.05) is 23.4 Å². The van der Waals surface area contributed by atoms with E-state index in [1.165, 1.54) is 7.05 Å². The number of fused-ring (bicyclic) bond motifs is 2. The predicted molar refractivity (Wildman–Crippen MR) is 101 cm³/mol. The first-order chi connectivity index (χ1) is 13.2. The number of rotatable bonds is 3. The average Bonchev–Trinajstić information content (AvgIpc) is 3.07. The molecular weight excluding hydrogens is 382 g/mol. The van der Waals surface area contributed by atoms with Crippen molar-refractivity contribution in [2.45, 2.75) is 38.1 Å². The topological polar surface area (TPSA) is 132 Å². The fraction of sp³-hybridized carbons (Fsp3) is 0.444. The molecule has 0 saturated carbocycles. The lowest BCUT2D eigenvalue weighted by atomic mass is 9.77. The van der Waals surface area contributed by atoms with E-state index in [-0.39, 0.29) is 29.7 Å². The van der Waals surface area contributed by atoms with Crippen LogP contribution in [0.25, 0.3) is 0 Å². The summed E-state index contributed by atoms with van der Waals surface area (Å²) in [6.45, 7) is 1.62. The van der Waals surface area contributed by atoms with Crippen molar-refractivity contribution in [1.82, 2.24) is 14.4 Å². The Labute approximate surface area is 162 Å². The van der Waals surface area contributed by atoms with Crippen molar-refractivity contribution in [3.8, 4) is 0 Å². The standard InChI is InChI=1S/C18H21N5O4S/c1-11-20-16(22-27-11)15(24)9-12-5-6-13-4-3-7-18(14(13)8-12)10-28(25,26)23(2)17(19)21-18/h5-6,8H,3-4,7,9-10H2,1-2H3,(H2,19,21)/t18-/m0/s1. The van der Waals surface area contributed by atoms with E-state index in [2.05, 4.69) is 15.1 Å². The Balaban J connectivity index is 1.73. The van der Waals surface area contributed by atoms with E-state index in [1.807, 2.05) is 18.2 Å². The van der Waals surface area contributed by atoms with Gasteiger partial charge in [0.05, 0.1) is 5.75 Å². The number of aryl methyl sites for hydroxylation is 2. The second-order valence-electron chi connectivity index (χ2n) is 7.31. The molecule has 148 valence electrons. The Kier molecular flexibility index (Phi) is 4.25. The zero-order chi connectivity index (χ0) is 20.1. The zero-order valence-electron chi connectivity index (χ0n) is 15.7. The van der Waals surface area contributed by atoms with Crippen LogP contribution in [0, 0.1) is 6.92 Å². The number of Topliss-reactive ketones (excluding diaryl/α,β-unsaturated/α-hetero) is 1. The SMILES string of the molecule is Cc1nc(C(=O)Cc2ccc3c(c2)[C@]2(CCC3)CS(=O)(=O)N(C)C(N)=N2)no1. The molecule has 2 aliphatic rings. The van der Waals surface area contributed by atoms with Crippen LogP contribution in [0.5, 0.6) is 0 Å². The van der Waals surface area contributed by atoms with E-state index in [0.717, 1.165) is 33.8 Å². The molecule has 9 nitrogen and oxygen atoms in total. The fourth-order valence-corrected chi connectivity index (χ4v) is 5.38. The van der Waals surface area contributed by atoms with Crippen LogP contribution in [0.4, 0.5) is 0 Å². The molecule has 1 atom stereocenters. The molecule has 0 fully saturated rings. The predicted octanol–water partition coefficient (Wildman–Crippen LogP) is 0.925. The van der Waals surface area contributed by atoms with Gasteiger partial charge in [-0.2, -0.15) is 4.98 Å². The lowest BCUT2D eigenvalue weighted by molar-refractivity contribution is 0.0980. The largest absolute Gasteiger partial charge is 0.369 e. The average molecular weight is 403 g/mol. The van der Waals surface area contributed by atoms with Crippen LogP contribution in [0.2, 0.25) is 0 Å². The molecule has 1 aromatic carbocycles. The number of guanidine groups is 1. The number of hydrogen-bond acceptors (Lipinski definition) is 8. The Morgan fingerprint density at radius 1 is 1.39 bits per heavy atom. The normalized spacial score (nSPS) is 23.4. The summed E-state index contributed by atoms with van der Waals surface area (Å²) in [5.41, 5.74) is 7.63. The maximum atomic E-state index is 12.6. The van der Waals surface area contributed by atoms with Gasteiger partial charge in [0.1, 0.15) is 5.54 Å². The van der Waals surface area contributed by atoms with Gasteiger partial charge < -0.3 is 10.3 Å². The maximum Gasteiger partial charge on any atom is 0.239 e. The van der Waals surface area contributed by atoms with E-state index in [4.69, 9.17) is 10.3 Å². The number of hydrogen-bond donors (Lipinski definition) is 1. The van der Waals surface area contributed by atoms with Crippen molar-refractivity contribution in [3.05, 3.63) is 46.6 Å². The Hall–Kier alpha value is -2.75. The number of nitrogens with two attached hydrogens (primary N) is 1. The number of ketones is 1. The van der Waals surface area contributed by atoms with Gasteiger partial charge >= 0.3 is 0 Å². The monoisotopic (exact) mass is 403 g/mol. The van der Waals surface area contributed by atoms with E-state index in [1.54, 1.807) is 6.92 Å². The number of nitrogens with zero attached hydrogens (tertiary/aromatic N) is 4. The summed E-state index contributed by atoms with van der Waals surface area (Å²) in [5, 5.41) is 3.66. The highest BCUT2D eigenvalue weighted by molar-refractivity contribution is 7.89. The third-order valence-electron chi connectivity index (χ3n) is 5.34. The summed E-state index contributed by atoms with van der Waals surface area (Å²) in [4.78, 5) is 21.0. The van der Waals surface area contributed by atoms with Gasteiger partial charge in [0.2, 0.25) is 33.5 Å². The number of aromatic nitrogens is 2. The van der Waals surface area contributed by atoms with Crippen LogP contribution >= 0.6 is 0 Å². The van der Waals surface area contributed by atoms with Crippen LogP contribution in [-0.2, 0) is 28.4 Å². The molecule has 1 aliphatic heterocycles. The minimum Gasteiger partial charge on any atom is -0.369 e. The zero-order valence-corrected chi connectivity index (χ0v) is 16.5. The Morgan fingerprint density at radius 2 is 2.18 bits per heavy atom. The first-order valence-corrected chi connectivity index (χ1v) is 10.6. The van der Waals surface area contributed by atoms with Gasteiger partial charge in [0.15, 0.2) is 0 Å². The van der Waals surface area contributed by atoms with Crippen LogP contribution in [0.1, 0.15) is 46.0 Å². The molecule has 2 heterocycles. The highest BCUT2D eigenvalue weighted by Crippen LogP contribution is 2.42. The fourth-order valence-electron chi connectivity index (χ4n) is 3.90. The van der Waals surface area contributed by atoms with E-state index in [0.29, 0.717) is 12.3 Å². The summed E-state index contributed by atoms with van der Waals surface area (Å²) >= 11 is 0. The number of benzene rings is 1. The molecule has 0 bridgehead atoms. The first kappa shape index (κ1) is 18.6. The molecule has 2 N–H and O–H groups in total. The second-order valence-corrected chi connectivity index (χ2v) is 9.31. The van der Waals surface area contributed by atoms with Crippen molar-refractivity contribution >= 4 is 21.8 Å². The molecule has 4 rings (SSSR count). The summed E-state index contributed by atoms with van der Waals surface area (Å²) < 4.78 is 31.1. The van der Waals surface area contributed by atoms with Gasteiger partial charge in [-0.25, -0.2) is 17.7 Å². The molecular formula is C18H21N5O4S. The minimum absolute atomic E-state index is 0.0112. The second kappa shape index (κ2) is 6.40. The first-order valence-electron chi connectivity index (χ1n) is 8.98. The quantitative estimate of drug-likeness (QED) is 0.754. The number of carbonyl (C=O) groups excluding carboxylic acids is 1. The maximum absolute atomic E-state index is 12.6. The van der Waals surface area contributed by atoms with Crippen molar-refractivity contribution in [3.63, 3.8) is 0 Å². The van der Waals surface area contributed by atoms with Crippen LogP contribution < -0.4 is 5.73 Å². The minimum atomic E-state index is -3.56. The lowest BCUT2D eigenvalue weighted by Gasteiger charge is -2.40. The van der Waals surface area contributed by atoms with Crippen LogP contribution in [-0.4, -0.2) is 47.4 Å². The van der Waals surface area contributed by atoms with E-state index >= 15 is 0 Å². The Morgan fingerprint density at radius 3 is 2.86 bits per heavy atom. The van der Waals surface area contributed by atoms with Crippen LogP contribution in [0.15, 0.2) is 27.7 Å². The van der Waals surface area contributed by atoms with Crippen LogP contribution in [0.3, 0.4) is 0 Å². The van der Waals surface area contributed by atoms with Gasteiger partial charge in [0, 0.05) is 20.4 Å². The Bertz CT molecular complexity index is 1090. The highest BCUT2D eigenvalue weighted by atomic mass is 32.2. The van der Waals surface area contributed by atoms with E-state index in [9.17, 15) is 13.2 Å². The highest BCUT2D eigenvalue weighted by Gasteiger charge is 2.45. The molecule has 10 heteroatoms. The third-order valence-corrected chi connectivity index (χ3v) is 7.21. The van der Waals surface area contributed by atoms with Crippen molar-refractivity contribution in [1.29, 1.82) is 0 Å². The molecule has 2 aromatic rings.